The number of nitrogens with zero attached hydrogens (tertiary/aromatic N) is 2. The molecule has 2 aliphatic rings. The Labute approximate surface area is 179 Å². The van der Waals surface area contributed by atoms with Crippen LogP contribution >= 0.6 is 0 Å². The summed E-state index contributed by atoms with van der Waals surface area (Å²) in [7, 11) is 0. The van der Waals surface area contributed by atoms with Gasteiger partial charge in [0, 0.05) is 19.0 Å². The van der Waals surface area contributed by atoms with E-state index in [9.17, 15) is 9.90 Å². The van der Waals surface area contributed by atoms with Crippen molar-refractivity contribution in [2.75, 3.05) is 0 Å². The standard InChI is InChI=1S/C26H32N2O2/c1-18(2)20-10-12-21(13-11-20)24-14-15-25(27-24)28(23-8-3-4-9-23)17-19-6-5-7-22(16-19)26(29)30/h5-7,10-13,16,18,23-24H,3-4,8-9,14-15,17H2,1-2H3,(H,29,30). The maximum absolute atomic E-state index is 11.4. The fraction of sp³-hybridized carbons (Fsp3) is 0.462. The number of amidine groups is 1. The zero-order valence-corrected chi connectivity index (χ0v) is 18.1. The van der Waals surface area contributed by atoms with Gasteiger partial charge in [-0.15, -0.1) is 0 Å². The number of aromatic carboxylic acids is 1. The van der Waals surface area contributed by atoms with Crippen molar-refractivity contribution in [1.82, 2.24) is 4.90 Å². The van der Waals surface area contributed by atoms with Crippen LogP contribution in [0.1, 0.15) is 91.4 Å². The highest BCUT2D eigenvalue weighted by molar-refractivity contribution is 5.88. The van der Waals surface area contributed by atoms with Crippen molar-refractivity contribution in [2.24, 2.45) is 4.99 Å². The van der Waals surface area contributed by atoms with Crippen LogP contribution in [-0.4, -0.2) is 27.9 Å². The molecule has 4 nitrogen and oxygen atoms in total. The molecule has 1 saturated carbocycles. The highest BCUT2D eigenvalue weighted by atomic mass is 16.4. The van der Waals surface area contributed by atoms with Gasteiger partial charge in [0.2, 0.25) is 0 Å². The number of carboxylic acid groups (broad SMARTS) is 1. The van der Waals surface area contributed by atoms with E-state index >= 15 is 0 Å². The van der Waals surface area contributed by atoms with Crippen LogP contribution in [0.2, 0.25) is 0 Å². The van der Waals surface area contributed by atoms with Crippen LogP contribution in [0.3, 0.4) is 0 Å². The Morgan fingerprint density at radius 1 is 1.10 bits per heavy atom. The van der Waals surface area contributed by atoms with Crippen LogP contribution in [0.4, 0.5) is 0 Å². The number of rotatable bonds is 6. The highest BCUT2D eigenvalue weighted by Crippen LogP contribution is 2.34. The van der Waals surface area contributed by atoms with Gasteiger partial charge in [-0.05, 0) is 54.0 Å². The van der Waals surface area contributed by atoms with Gasteiger partial charge in [-0.25, -0.2) is 4.79 Å². The Morgan fingerprint density at radius 2 is 1.83 bits per heavy atom. The van der Waals surface area contributed by atoms with Gasteiger partial charge >= 0.3 is 5.97 Å². The molecule has 0 spiro atoms. The average Bonchev–Trinajstić information content (AvgIpc) is 3.45. The number of carbonyl (C=O) groups is 1. The van der Waals surface area contributed by atoms with Crippen LogP contribution in [0.5, 0.6) is 0 Å². The molecular formula is C26H32N2O2. The van der Waals surface area contributed by atoms with Gasteiger partial charge in [-0.2, -0.15) is 0 Å². The molecular weight excluding hydrogens is 372 g/mol. The Bertz CT molecular complexity index is 911. The van der Waals surface area contributed by atoms with Crippen molar-refractivity contribution in [3.05, 3.63) is 70.8 Å². The molecule has 1 aliphatic heterocycles. The fourth-order valence-corrected chi connectivity index (χ4v) is 4.78. The minimum absolute atomic E-state index is 0.232. The predicted octanol–water partition coefficient (Wildman–Crippen LogP) is 6.19. The van der Waals surface area contributed by atoms with Crippen LogP contribution in [-0.2, 0) is 6.54 Å². The van der Waals surface area contributed by atoms with Crippen molar-refractivity contribution in [1.29, 1.82) is 0 Å². The first-order valence-corrected chi connectivity index (χ1v) is 11.3. The molecule has 1 N–H and O–H groups in total. The van der Waals surface area contributed by atoms with E-state index in [4.69, 9.17) is 4.99 Å². The lowest BCUT2D eigenvalue weighted by Gasteiger charge is -2.31. The average molecular weight is 405 g/mol. The molecule has 30 heavy (non-hydrogen) atoms. The third-order valence-electron chi connectivity index (χ3n) is 6.56. The summed E-state index contributed by atoms with van der Waals surface area (Å²) < 4.78 is 0. The molecule has 0 saturated heterocycles. The summed E-state index contributed by atoms with van der Waals surface area (Å²) in [6, 6.07) is 17.0. The summed E-state index contributed by atoms with van der Waals surface area (Å²) >= 11 is 0. The normalized spacial score (nSPS) is 19.3. The number of aliphatic imine (C=N–C) groups is 1. The molecule has 0 bridgehead atoms. The second kappa shape index (κ2) is 9.03. The summed E-state index contributed by atoms with van der Waals surface area (Å²) in [5, 5.41) is 9.34. The van der Waals surface area contributed by atoms with Crippen molar-refractivity contribution < 1.29 is 9.90 Å². The maximum Gasteiger partial charge on any atom is 0.335 e. The minimum Gasteiger partial charge on any atom is -0.478 e. The third kappa shape index (κ3) is 4.58. The lowest BCUT2D eigenvalue weighted by atomic mass is 9.98. The second-order valence-electron chi connectivity index (χ2n) is 8.99. The molecule has 0 aromatic heterocycles. The molecule has 4 rings (SSSR count). The summed E-state index contributed by atoms with van der Waals surface area (Å²) in [6.45, 7) is 5.18. The minimum atomic E-state index is -0.868. The van der Waals surface area contributed by atoms with E-state index in [0.717, 1.165) is 24.9 Å². The largest absolute Gasteiger partial charge is 0.478 e. The van der Waals surface area contributed by atoms with E-state index in [1.165, 1.54) is 42.6 Å². The molecule has 2 aromatic carbocycles. The fourth-order valence-electron chi connectivity index (χ4n) is 4.78. The van der Waals surface area contributed by atoms with Gasteiger partial charge in [0.15, 0.2) is 0 Å². The number of hydrogen-bond donors (Lipinski definition) is 1. The molecule has 1 unspecified atom stereocenters. The second-order valence-corrected chi connectivity index (χ2v) is 8.99. The SMILES string of the molecule is CC(C)c1ccc(C2CCC(N(Cc3cccc(C(=O)O)c3)C3CCCC3)=N2)cc1. The first-order valence-electron chi connectivity index (χ1n) is 11.3. The van der Waals surface area contributed by atoms with Crippen molar-refractivity contribution in [3.8, 4) is 0 Å². The van der Waals surface area contributed by atoms with Crippen molar-refractivity contribution >= 4 is 11.8 Å². The van der Waals surface area contributed by atoms with Crippen LogP contribution in [0.25, 0.3) is 0 Å². The topological polar surface area (TPSA) is 52.9 Å². The first-order chi connectivity index (χ1) is 14.5. The van der Waals surface area contributed by atoms with E-state index in [1.54, 1.807) is 6.07 Å². The van der Waals surface area contributed by atoms with Gasteiger partial charge < -0.3 is 10.0 Å². The molecule has 0 amide bonds. The van der Waals surface area contributed by atoms with Crippen LogP contribution in [0, 0.1) is 0 Å². The van der Waals surface area contributed by atoms with Gasteiger partial charge in [-0.3, -0.25) is 4.99 Å². The molecule has 4 heteroatoms. The Hall–Kier alpha value is -2.62. The van der Waals surface area contributed by atoms with Crippen molar-refractivity contribution in [3.63, 3.8) is 0 Å². The maximum atomic E-state index is 11.4. The Balaban J connectivity index is 1.56. The zero-order valence-electron chi connectivity index (χ0n) is 18.1. The monoisotopic (exact) mass is 404 g/mol. The number of benzene rings is 2. The molecule has 1 atom stereocenters. The number of carboxylic acids is 1. The molecule has 1 heterocycles. The van der Waals surface area contributed by atoms with E-state index in [-0.39, 0.29) is 6.04 Å². The van der Waals surface area contributed by atoms with E-state index < -0.39 is 5.97 Å². The lowest BCUT2D eigenvalue weighted by Crippen LogP contribution is -2.37. The molecule has 1 fully saturated rings. The smallest absolute Gasteiger partial charge is 0.335 e. The first kappa shape index (κ1) is 20.6. The van der Waals surface area contributed by atoms with E-state index in [1.807, 2.05) is 18.2 Å². The molecule has 158 valence electrons. The van der Waals surface area contributed by atoms with Crippen molar-refractivity contribution in [2.45, 2.75) is 76.9 Å². The molecule has 2 aromatic rings. The predicted molar refractivity (Wildman–Crippen MR) is 121 cm³/mol. The van der Waals surface area contributed by atoms with Crippen LogP contribution in [0.15, 0.2) is 53.5 Å². The third-order valence-corrected chi connectivity index (χ3v) is 6.56. The molecule has 0 radical (unpaired) electrons. The van der Waals surface area contributed by atoms with Gasteiger partial charge in [-0.1, -0.05) is 63.1 Å². The number of hydrogen-bond acceptors (Lipinski definition) is 3. The van der Waals surface area contributed by atoms with E-state index in [2.05, 4.69) is 43.0 Å². The summed E-state index contributed by atoms with van der Waals surface area (Å²) in [6.07, 6.45) is 6.98. The Kier molecular flexibility index (Phi) is 6.21. The quantitative estimate of drug-likeness (QED) is 0.625. The Morgan fingerprint density at radius 3 is 2.50 bits per heavy atom. The highest BCUT2D eigenvalue weighted by Gasteiger charge is 2.29. The van der Waals surface area contributed by atoms with E-state index in [0.29, 0.717) is 17.5 Å². The lowest BCUT2D eigenvalue weighted by molar-refractivity contribution is 0.0696. The zero-order chi connectivity index (χ0) is 21.1. The summed E-state index contributed by atoms with van der Waals surface area (Å²) in [5.74, 6) is 0.870. The summed E-state index contributed by atoms with van der Waals surface area (Å²) in [4.78, 5) is 19.0. The van der Waals surface area contributed by atoms with Crippen LogP contribution < -0.4 is 0 Å². The van der Waals surface area contributed by atoms with Gasteiger partial charge in [0.25, 0.3) is 0 Å². The van der Waals surface area contributed by atoms with Gasteiger partial charge in [0.1, 0.15) is 5.84 Å². The van der Waals surface area contributed by atoms with Gasteiger partial charge in [0.05, 0.1) is 11.6 Å². The molecule has 1 aliphatic carbocycles. The summed E-state index contributed by atoms with van der Waals surface area (Å²) in [5.41, 5.74) is 4.07.